The first-order chi connectivity index (χ1) is 14.7. The number of carbonyl (C=O) groups excluding carboxylic acids is 2. The molecule has 165 valence electrons. The van der Waals surface area contributed by atoms with E-state index in [1.165, 1.54) is 31.1 Å². The van der Waals surface area contributed by atoms with Crippen molar-refractivity contribution < 1.29 is 47.1 Å². The average molecular weight is 725 g/mol. The van der Waals surface area contributed by atoms with E-state index in [9.17, 15) is 9.59 Å². The van der Waals surface area contributed by atoms with Gasteiger partial charge in [-0.2, -0.15) is 5.10 Å². The molecule has 0 aliphatic rings. The number of nitrogens with zero attached hydrogens (tertiary/aromatic N) is 5. The molecule has 1 radical (unpaired) electrons. The Bertz CT molecular complexity index is 1160. The summed E-state index contributed by atoms with van der Waals surface area (Å²) in [5.74, 6) is -0.755. The van der Waals surface area contributed by atoms with Crippen LogP contribution in [-0.2, 0) is 37.5 Å². The number of hydrogen-bond acceptors (Lipinski definition) is 5. The van der Waals surface area contributed by atoms with E-state index in [2.05, 4.69) is 73.6 Å². The van der Waals surface area contributed by atoms with Crippen molar-refractivity contribution in [2.45, 2.75) is 0 Å². The molecule has 0 spiro atoms. The molecule has 0 saturated carbocycles. The van der Waals surface area contributed by atoms with Crippen molar-refractivity contribution in [1.82, 2.24) is 19.8 Å². The summed E-state index contributed by atoms with van der Waals surface area (Å²) in [5.41, 5.74) is 4.17. The Balaban J connectivity index is 0.00000363. The van der Waals surface area contributed by atoms with Gasteiger partial charge in [0.05, 0.1) is 16.3 Å². The molecule has 9 nitrogen and oxygen atoms in total. The van der Waals surface area contributed by atoms with Crippen molar-refractivity contribution in [2.75, 3.05) is 19.5 Å². The largest absolute Gasteiger partial charge is 0.470 e. The zero-order valence-electron chi connectivity index (χ0n) is 16.5. The minimum Gasteiger partial charge on any atom is -0.470 e. The quantitative estimate of drug-likeness (QED) is 0.344. The second kappa shape index (κ2) is 12.1. The molecule has 2 aromatic heterocycles. The van der Waals surface area contributed by atoms with Crippen LogP contribution in [0.2, 0.25) is 5.02 Å². The standard InChI is InChI=1S/C18H13Br3ClN6O3.Y/c1-27(26-31-2)18(30)10-6-9(19)7-11(20)15(10)24-17(29)13-8-14(21)25-28(13)16-12(22)4-3-5-23-16;/h3-8H,1-2H3,(H,24,29);/q-1;. The minimum absolute atomic E-state index is 0. The third kappa shape index (κ3) is 6.23. The van der Waals surface area contributed by atoms with Crippen LogP contribution in [0.15, 0.2) is 50.1 Å². The Labute approximate surface area is 238 Å². The van der Waals surface area contributed by atoms with Crippen LogP contribution in [0.3, 0.4) is 0 Å². The summed E-state index contributed by atoms with van der Waals surface area (Å²) in [7, 11) is 2.76. The number of hydrogen-bond donors (Lipinski definition) is 1. The van der Waals surface area contributed by atoms with E-state index in [0.29, 0.717) is 18.6 Å². The van der Waals surface area contributed by atoms with Gasteiger partial charge in [0.2, 0.25) is 5.91 Å². The van der Waals surface area contributed by atoms with Gasteiger partial charge in [0.25, 0.3) is 5.91 Å². The van der Waals surface area contributed by atoms with Crippen LogP contribution < -0.4 is 5.32 Å². The van der Waals surface area contributed by atoms with Crippen molar-refractivity contribution in [3.63, 3.8) is 0 Å². The molecule has 3 rings (SSSR count). The van der Waals surface area contributed by atoms with Crippen LogP contribution in [0.25, 0.3) is 11.4 Å². The summed E-state index contributed by atoms with van der Waals surface area (Å²) in [5, 5.41) is 8.33. The van der Waals surface area contributed by atoms with Crippen molar-refractivity contribution in [1.29, 1.82) is 0 Å². The van der Waals surface area contributed by atoms with Crippen molar-refractivity contribution in [3.8, 4) is 5.82 Å². The number of anilines is 1. The van der Waals surface area contributed by atoms with E-state index in [-0.39, 0.29) is 55.5 Å². The summed E-state index contributed by atoms with van der Waals surface area (Å²) in [6.07, 6.45) is 1.54. The van der Waals surface area contributed by atoms with E-state index in [1.54, 1.807) is 24.3 Å². The summed E-state index contributed by atoms with van der Waals surface area (Å²) >= 11 is 16.2. The van der Waals surface area contributed by atoms with Gasteiger partial charge in [-0.05, 0) is 63.2 Å². The Morgan fingerprint density at radius 1 is 1.25 bits per heavy atom. The van der Waals surface area contributed by atoms with E-state index in [1.807, 2.05) is 0 Å². The maximum Gasteiger partial charge on any atom is 0.274 e. The maximum atomic E-state index is 13.2. The van der Waals surface area contributed by atoms with Crippen LogP contribution in [0.4, 0.5) is 5.69 Å². The smallest absolute Gasteiger partial charge is 0.274 e. The Kier molecular flexibility index (Phi) is 10.4. The SMILES string of the molecule is CO[N-]N(C)C(=O)c1cc(Br)cc(Br)c1NC(=O)c1cc(Br)nn1-c1ncccc1Cl.[Y]. The van der Waals surface area contributed by atoms with Gasteiger partial charge in [-0.1, -0.05) is 27.5 Å². The first-order valence-corrected chi connectivity index (χ1v) is 11.2. The topological polar surface area (TPSA) is 103 Å². The predicted molar refractivity (Wildman–Crippen MR) is 126 cm³/mol. The number of aromatic nitrogens is 3. The van der Waals surface area contributed by atoms with E-state index in [4.69, 9.17) is 11.6 Å². The van der Waals surface area contributed by atoms with Crippen LogP contribution in [0, 0.1) is 0 Å². The summed E-state index contributed by atoms with van der Waals surface area (Å²) in [6, 6.07) is 8.08. The van der Waals surface area contributed by atoms with E-state index < -0.39 is 11.8 Å². The van der Waals surface area contributed by atoms with Gasteiger partial charge < -0.3 is 20.8 Å². The van der Waals surface area contributed by atoms with Crippen molar-refractivity contribution >= 4 is 76.9 Å². The molecule has 0 aliphatic heterocycles. The zero-order valence-corrected chi connectivity index (χ0v) is 24.9. The number of nitrogens with one attached hydrogen (secondary N) is 1. The minimum atomic E-state index is -0.539. The Morgan fingerprint density at radius 3 is 2.62 bits per heavy atom. The molecule has 14 heteroatoms. The molecule has 0 atom stereocenters. The number of carbonyl (C=O) groups is 2. The fourth-order valence-corrected chi connectivity index (χ4v) is 4.49. The van der Waals surface area contributed by atoms with Crippen LogP contribution in [0.1, 0.15) is 20.8 Å². The van der Waals surface area contributed by atoms with Gasteiger partial charge in [-0.3, -0.25) is 9.59 Å². The molecule has 2 amide bonds. The predicted octanol–water partition coefficient (Wildman–Crippen LogP) is 5.38. The molecule has 1 N–H and O–H groups in total. The number of pyridine rings is 1. The molecule has 2 heterocycles. The second-order valence-corrected chi connectivity index (χ2v) is 8.92. The van der Waals surface area contributed by atoms with Crippen LogP contribution in [0.5, 0.6) is 0 Å². The molecule has 1 aromatic carbocycles. The molecular weight excluding hydrogens is 712 g/mol. The number of benzene rings is 1. The number of rotatable bonds is 6. The Morgan fingerprint density at radius 2 is 1.97 bits per heavy atom. The molecule has 3 aromatic rings. The van der Waals surface area contributed by atoms with Gasteiger partial charge in [-0.15, -0.1) is 0 Å². The maximum absolute atomic E-state index is 13.2. The molecule has 0 fully saturated rings. The summed E-state index contributed by atoms with van der Waals surface area (Å²) < 4.78 is 2.82. The van der Waals surface area contributed by atoms with Crippen LogP contribution in [-0.4, -0.2) is 45.7 Å². The van der Waals surface area contributed by atoms with Gasteiger partial charge in [0.1, 0.15) is 10.3 Å². The first-order valence-electron chi connectivity index (χ1n) is 8.42. The summed E-state index contributed by atoms with van der Waals surface area (Å²) in [6.45, 7) is 0. The molecule has 32 heavy (non-hydrogen) atoms. The number of amides is 2. The van der Waals surface area contributed by atoms with Gasteiger partial charge in [-0.25, -0.2) is 9.67 Å². The average Bonchev–Trinajstić information content (AvgIpc) is 3.11. The van der Waals surface area contributed by atoms with E-state index >= 15 is 0 Å². The van der Waals surface area contributed by atoms with Crippen LogP contribution >= 0.6 is 59.4 Å². The van der Waals surface area contributed by atoms with Crippen molar-refractivity contribution in [2.24, 2.45) is 0 Å². The fourth-order valence-electron chi connectivity index (χ4n) is 2.59. The van der Waals surface area contributed by atoms with Gasteiger partial charge in [0.15, 0.2) is 5.82 Å². The molecular formula is C18H13Br3ClN6O3Y-. The normalized spacial score (nSPS) is 10.4. The third-order valence-corrected chi connectivity index (χ3v) is 5.64. The molecule has 0 bridgehead atoms. The fraction of sp³-hybridized carbons (Fsp3) is 0.111. The monoisotopic (exact) mass is 722 g/mol. The zero-order chi connectivity index (χ0) is 22.7. The van der Waals surface area contributed by atoms with Gasteiger partial charge >= 0.3 is 0 Å². The van der Waals surface area contributed by atoms with Crippen molar-refractivity contribution in [3.05, 3.63) is 71.9 Å². The van der Waals surface area contributed by atoms with E-state index in [0.717, 1.165) is 5.01 Å². The number of halogens is 4. The Hall–Kier alpha value is -0.726. The summed E-state index contributed by atoms with van der Waals surface area (Å²) in [4.78, 5) is 34.8. The molecule has 0 saturated heterocycles. The molecule has 0 unspecified atom stereocenters. The van der Waals surface area contributed by atoms with Gasteiger partial charge in [0, 0.05) is 61.0 Å². The second-order valence-electron chi connectivity index (χ2n) is 5.93. The molecule has 0 aliphatic carbocycles. The third-order valence-electron chi connectivity index (χ3n) is 3.87. The first kappa shape index (κ1) is 27.5.